The summed E-state index contributed by atoms with van der Waals surface area (Å²) in [5.74, 6) is 1.52. The molecule has 162 valence electrons. The third-order valence-corrected chi connectivity index (χ3v) is 5.63. The molecule has 3 aromatic carbocycles. The van der Waals surface area contributed by atoms with Crippen molar-refractivity contribution in [2.75, 3.05) is 0 Å². The number of rotatable bonds is 5. The van der Waals surface area contributed by atoms with Gasteiger partial charge in [-0.1, -0.05) is 42.0 Å². The number of aryl methyl sites for hydroxylation is 3. The lowest BCUT2D eigenvalue weighted by Crippen LogP contribution is -1.97. The average molecular weight is 432 g/mol. The Morgan fingerprint density at radius 3 is 2.21 bits per heavy atom. The van der Waals surface area contributed by atoms with Gasteiger partial charge in [0.15, 0.2) is 0 Å². The molecular weight excluding hydrogens is 406 g/mol. The normalized spacial score (nSPS) is 10.9. The van der Waals surface area contributed by atoms with Crippen molar-refractivity contribution in [3.63, 3.8) is 0 Å². The molecule has 0 N–H and O–H groups in total. The monoisotopic (exact) mass is 431 g/mol. The van der Waals surface area contributed by atoms with Crippen LogP contribution in [0.2, 0.25) is 0 Å². The number of hydrogen-bond donors (Lipinski definition) is 0. The van der Waals surface area contributed by atoms with E-state index < -0.39 is 0 Å². The molecule has 0 aliphatic carbocycles. The number of hydrogen-bond acceptors (Lipinski definition) is 3. The van der Waals surface area contributed by atoms with Gasteiger partial charge in [0.05, 0.1) is 17.1 Å². The Hall–Kier alpha value is -4.18. The van der Waals surface area contributed by atoms with Gasteiger partial charge in [0.25, 0.3) is 0 Å². The summed E-state index contributed by atoms with van der Waals surface area (Å²) >= 11 is 0. The van der Waals surface area contributed by atoms with Crippen molar-refractivity contribution in [3.05, 3.63) is 114 Å². The van der Waals surface area contributed by atoms with Gasteiger partial charge in [-0.05, 0) is 74.4 Å². The lowest BCUT2D eigenvalue weighted by molar-refractivity contribution is 0.482. The van der Waals surface area contributed by atoms with Crippen molar-refractivity contribution in [3.8, 4) is 39.7 Å². The summed E-state index contributed by atoms with van der Waals surface area (Å²) in [4.78, 5) is 4.43. The summed E-state index contributed by atoms with van der Waals surface area (Å²) in [7, 11) is 0. The quantitative estimate of drug-likeness (QED) is 0.293. The van der Waals surface area contributed by atoms with E-state index in [0.29, 0.717) is 0 Å². The van der Waals surface area contributed by atoms with Crippen LogP contribution in [0.15, 0.2) is 97.3 Å². The molecule has 0 aliphatic heterocycles. The standard InChI is InChI=1S/C29H25N3O/c1-20-16-21(2)29(22(3)17-20)28-13-15-32(31-28)24-9-7-11-26(19-24)33-25-10-6-8-23(18-25)27-12-4-5-14-30-27/h4-19H,1-3H3. The number of ether oxygens (including phenoxy) is 1. The van der Waals surface area contributed by atoms with E-state index in [0.717, 1.165) is 34.1 Å². The fourth-order valence-electron chi connectivity index (χ4n) is 4.26. The smallest absolute Gasteiger partial charge is 0.129 e. The molecule has 0 fully saturated rings. The van der Waals surface area contributed by atoms with E-state index in [2.05, 4.69) is 44.0 Å². The van der Waals surface area contributed by atoms with E-state index >= 15 is 0 Å². The molecule has 0 saturated heterocycles. The highest BCUT2D eigenvalue weighted by atomic mass is 16.5. The van der Waals surface area contributed by atoms with E-state index in [-0.39, 0.29) is 0 Å². The molecule has 0 aliphatic rings. The third-order valence-electron chi connectivity index (χ3n) is 5.63. The van der Waals surface area contributed by atoms with Gasteiger partial charge in [-0.15, -0.1) is 0 Å². The number of nitrogens with zero attached hydrogens (tertiary/aromatic N) is 3. The highest BCUT2D eigenvalue weighted by Crippen LogP contribution is 2.30. The van der Waals surface area contributed by atoms with E-state index in [9.17, 15) is 0 Å². The largest absolute Gasteiger partial charge is 0.457 e. The second-order valence-electron chi connectivity index (χ2n) is 8.26. The van der Waals surface area contributed by atoms with Gasteiger partial charge in [0.1, 0.15) is 11.5 Å². The fourth-order valence-corrected chi connectivity index (χ4v) is 4.26. The first-order valence-corrected chi connectivity index (χ1v) is 11.0. The molecule has 5 rings (SSSR count). The summed E-state index contributed by atoms with van der Waals surface area (Å²) in [5, 5.41) is 4.86. The van der Waals surface area contributed by atoms with Crippen LogP contribution in [0.3, 0.4) is 0 Å². The minimum Gasteiger partial charge on any atom is -0.457 e. The molecule has 2 heterocycles. The first-order valence-electron chi connectivity index (χ1n) is 11.0. The summed E-state index contributed by atoms with van der Waals surface area (Å²) in [6.07, 6.45) is 3.79. The van der Waals surface area contributed by atoms with Gasteiger partial charge >= 0.3 is 0 Å². The molecule has 0 radical (unpaired) electrons. The molecule has 4 nitrogen and oxygen atoms in total. The van der Waals surface area contributed by atoms with E-state index in [4.69, 9.17) is 9.84 Å². The number of aromatic nitrogens is 3. The molecule has 0 spiro atoms. The molecule has 5 aromatic rings. The van der Waals surface area contributed by atoms with Crippen LogP contribution in [0.4, 0.5) is 0 Å². The van der Waals surface area contributed by atoms with Gasteiger partial charge in [-0.25, -0.2) is 4.68 Å². The number of benzene rings is 3. The highest BCUT2D eigenvalue weighted by molar-refractivity contribution is 5.68. The van der Waals surface area contributed by atoms with Gasteiger partial charge in [0.2, 0.25) is 0 Å². The SMILES string of the molecule is Cc1cc(C)c(-c2ccn(-c3cccc(Oc4cccc(-c5ccccn5)c4)c3)n2)c(C)c1. The Balaban J connectivity index is 1.41. The highest BCUT2D eigenvalue weighted by Gasteiger charge is 2.11. The van der Waals surface area contributed by atoms with Crippen LogP contribution >= 0.6 is 0 Å². The van der Waals surface area contributed by atoms with Crippen LogP contribution in [0.5, 0.6) is 11.5 Å². The summed E-state index contributed by atoms with van der Waals surface area (Å²) in [5.41, 5.74) is 8.79. The van der Waals surface area contributed by atoms with Crippen LogP contribution in [-0.4, -0.2) is 14.8 Å². The fraction of sp³-hybridized carbons (Fsp3) is 0.103. The molecule has 0 saturated carbocycles. The Bertz CT molecular complexity index is 1400. The predicted molar refractivity (Wildman–Crippen MR) is 133 cm³/mol. The zero-order chi connectivity index (χ0) is 22.8. The first-order chi connectivity index (χ1) is 16.1. The predicted octanol–water partition coefficient (Wildman–Crippen LogP) is 7.32. The van der Waals surface area contributed by atoms with Gasteiger partial charge in [-0.2, -0.15) is 5.10 Å². The molecule has 4 heteroatoms. The summed E-state index contributed by atoms with van der Waals surface area (Å²) in [6, 6.07) is 28.3. The third kappa shape index (κ3) is 4.41. The minimum atomic E-state index is 0.755. The van der Waals surface area contributed by atoms with Crippen molar-refractivity contribution in [2.45, 2.75) is 20.8 Å². The molecule has 33 heavy (non-hydrogen) atoms. The Morgan fingerprint density at radius 1 is 0.697 bits per heavy atom. The van der Waals surface area contributed by atoms with Crippen LogP contribution in [-0.2, 0) is 0 Å². The van der Waals surface area contributed by atoms with Crippen molar-refractivity contribution in [1.82, 2.24) is 14.8 Å². The van der Waals surface area contributed by atoms with Crippen LogP contribution < -0.4 is 4.74 Å². The maximum atomic E-state index is 6.18. The maximum Gasteiger partial charge on any atom is 0.129 e. The Labute approximate surface area is 194 Å². The van der Waals surface area contributed by atoms with Gasteiger partial charge < -0.3 is 4.74 Å². The minimum absolute atomic E-state index is 0.755. The Kier molecular flexibility index (Phi) is 5.49. The first kappa shape index (κ1) is 20.7. The van der Waals surface area contributed by atoms with Crippen molar-refractivity contribution in [1.29, 1.82) is 0 Å². The summed E-state index contributed by atoms with van der Waals surface area (Å²) < 4.78 is 8.07. The van der Waals surface area contributed by atoms with E-state index in [1.807, 2.05) is 77.6 Å². The van der Waals surface area contributed by atoms with Crippen molar-refractivity contribution >= 4 is 0 Å². The topological polar surface area (TPSA) is 39.9 Å². The second-order valence-corrected chi connectivity index (χ2v) is 8.26. The van der Waals surface area contributed by atoms with Gasteiger partial charge in [-0.3, -0.25) is 4.98 Å². The van der Waals surface area contributed by atoms with Crippen LogP contribution in [0.25, 0.3) is 28.2 Å². The molecule has 2 aromatic heterocycles. The van der Waals surface area contributed by atoms with Crippen molar-refractivity contribution < 1.29 is 4.74 Å². The molecule has 0 bridgehead atoms. The molecular formula is C29H25N3O. The zero-order valence-corrected chi connectivity index (χ0v) is 19.0. The van der Waals surface area contributed by atoms with Gasteiger partial charge in [0, 0.05) is 29.6 Å². The Morgan fingerprint density at radius 2 is 1.45 bits per heavy atom. The second kappa shape index (κ2) is 8.75. The van der Waals surface area contributed by atoms with Crippen molar-refractivity contribution in [2.24, 2.45) is 0 Å². The lowest BCUT2D eigenvalue weighted by atomic mass is 9.98. The van der Waals surface area contributed by atoms with Crippen LogP contribution in [0, 0.1) is 20.8 Å². The van der Waals surface area contributed by atoms with E-state index in [1.54, 1.807) is 6.20 Å². The molecule has 0 amide bonds. The molecule has 0 atom stereocenters. The summed E-state index contributed by atoms with van der Waals surface area (Å²) in [6.45, 7) is 6.41. The van der Waals surface area contributed by atoms with Crippen LogP contribution in [0.1, 0.15) is 16.7 Å². The average Bonchev–Trinajstić information content (AvgIpc) is 3.29. The molecule has 0 unspecified atom stereocenters. The zero-order valence-electron chi connectivity index (χ0n) is 19.0. The lowest BCUT2D eigenvalue weighted by Gasteiger charge is -2.10. The maximum absolute atomic E-state index is 6.18. The van der Waals surface area contributed by atoms with E-state index in [1.165, 1.54) is 22.3 Å². The number of pyridine rings is 1.